The van der Waals surface area contributed by atoms with Crippen molar-refractivity contribution in [2.45, 2.75) is 30.8 Å². The molecule has 0 heterocycles. The normalized spacial score (nSPS) is 22.1. The van der Waals surface area contributed by atoms with Crippen LogP contribution in [0.2, 0.25) is 0 Å². The van der Waals surface area contributed by atoms with E-state index in [9.17, 15) is 18.3 Å². The average Bonchev–Trinajstić information content (AvgIpc) is 2.42. The summed E-state index contributed by atoms with van der Waals surface area (Å²) < 4.78 is 23.9. The number of rotatable bonds is 5. The van der Waals surface area contributed by atoms with Gasteiger partial charge in [-0.05, 0) is 30.9 Å². The summed E-state index contributed by atoms with van der Waals surface area (Å²) in [4.78, 5) is 12.2. The zero-order chi connectivity index (χ0) is 14.8. The molecule has 1 aromatic carbocycles. The van der Waals surface area contributed by atoms with E-state index in [-0.39, 0.29) is 34.1 Å². The number of hydrogen-bond donors (Lipinski definition) is 2. The molecule has 1 aromatic rings. The predicted octanol–water partition coefficient (Wildman–Crippen LogP) is 0.981. The van der Waals surface area contributed by atoms with Crippen molar-refractivity contribution in [2.75, 3.05) is 12.3 Å². The fourth-order valence-corrected chi connectivity index (χ4v) is 3.37. The fourth-order valence-electron chi connectivity index (χ4n) is 2.28. The molecule has 1 saturated carbocycles. The molecule has 6 heteroatoms. The van der Waals surface area contributed by atoms with Gasteiger partial charge in [0.2, 0.25) is 0 Å². The van der Waals surface area contributed by atoms with Crippen LogP contribution in [0.15, 0.2) is 29.2 Å². The molecule has 1 aliphatic rings. The Hall–Kier alpha value is -1.40. The lowest BCUT2D eigenvalue weighted by Gasteiger charge is -2.31. The maximum absolute atomic E-state index is 12.1. The van der Waals surface area contributed by atoms with Crippen molar-refractivity contribution < 1.29 is 18.3 Å². The molecule has 1 amide bonds. The Morgan fingerprint density at radius 1 is 1.35 bits per heavy atom. The summed E-state index contributed by atoms with van der Waals surface area (Å²) in [5.74, 6) is -0.130. The van der Waals surface area contributed by atoms with E-state index in [0.29, 0.717) is 19.4 Å². The molecule has 0 atom stereocenters. The molecule has 0 radical (unpaired) electrons. The Bertz CT molecular complexity index is 591. The minimum atomic E-state index is -3.41. The number of carbonyl (C=O) groups excluding carboxylic acids is 1. The molecule has 20 heavy (non-hydrogen) atoms. The van der Waals surface area contributed by atoms with E-state index in [0.717, 1.165) is 0 Å². The number of aliphatic hydroxyl groups excluding tert-OH is 1. The van der Waals surface area contributed by atoms with Crippen LogP contribution in [0.1, 0.15) is 30.1 Å². The molecule has 0 aromatic heterocycles. The summed E-state index contributed by atoms with van der Waals surface area (Å²) in [6, 6.07) is 6.24. The molecule has 1 aliphatic carbocycles. The maximum atomic E-state index is 12.1. The zero-order valence-electron chi connectivity index (χ0n) is 11.4. The van der Waals surface area contributed by atoms with Crippen LogP contribution in [-0.4, -0.2) is 37.8 Å². The Kier molecular flexibility index (Phi) is 4.45. The number of sulfone groups is 1. The van der Waals surface area contributed by atoms with E-state index in [1.54, 1.807) is 19.1 Å². The van der Waals surface area contributed by atoms with Gasteiger partial charge in [-0.2, -0.15) is 0 Å². The minimum Gasteiger partial charge on any atom is -0.393 e. The van der Waals surface area contributed by atoms with E-state index >= 15 is 0 Å². The van der Waals surface area contributed by atoms with Gasteiger partial charge < -0.3 is 10.4 Å². The van der Waals surface area contributed by atoms with Gasteiger partial charge in [-0.1, -0.05) is 19.1 Å². The Labute approximate surface area is 118 Å². The zero-order valence-corrected chi connectivity index (χ0v) is 12.2. The standard InChI is InChI=1S/C14H19NO4S/c1-2-20(18,19)13-6-4-3-5-12(13)14(17)15-9-10-7-11(16)8-10/h3-6,10-11,16H,2,7-9H2,1H3,(H,15,17). The smallest absolute Gasteiger partial charge is 0.252 e. The SMILES string of the molecule is CCS(=O)(=O)c1ccccc1C(=O)NCC1CC(O)C1. The lowest BCUT2D eigenvalue weighted by molar-refractivity contribution is 0.0420. The predicted molar refractivity (Wildman–Crippen MR) is 75.2 cm³/mol. The molecule has 0 spiro atoms. The van der Waals surface area contributed by atoms with E-state index in [4.69, 9.17) is 0 Å². The summed E-state index contributed by atoms with van der Waals surface area (Å²) in [6.45, 7) is 2.02. The van der Waals surface area contributed by atoms with Crippen LogP contribution in [0.5, 0.6) is 0 Å². The third-order valence-electron chi connectivity index (χ3n) is 3.61. The van der Waals surface area contributed by atoms with Crippen molar-refractivity contribution in [3.05, 3.63) is 29.8 Å². The van der Waals surface area contributed by atoms with Gasteiger partial charge in [-0.25, -0.2) is 8.42 Å². The van der Waals surface area contributed by atoms with E-state index < -0.39 is 9.84 Å². The first-order valence-electron chi connectivity index (χ1n) is 6.72. The van der Waals surface area contributed by atoms with Gasteiger partial charge in [0.25, 0.3) is 5.91 Å². The summed E-state index contributed by atoms with van der Waals surface area (Å²) in [5, 5.41) is 11.9. The summed E-state index contributed by atoms with van der Waals surface area (Å²) in [5.41, 5.74) is 0.189. The maximum Gasteiger partial charge on any atom is 0.252 e. The number of benzene rings is 1. The van der Waals surface area contributed by atoms with Gasteiger partial charge in [-0.15, -0.1) is 0 Å². The molecular weight excluding hydrogens is 278 g/mol. The Morgan fingerprint density at radius 3 is 2.60 bits per heavy atom. The average molecular weight is 297 g/mol. The third kappa shape index (κ3) is 3.19. The van der Waals surface area contributed by atoms with Crippen molar-refractivity contribution in [2.24, 2.45) is 5.92 Å². The van der Waals surface area contributed by atoms with E-state index in [1.165, 1.54) is 12.1 Å². The number of aliphatic hydroxyl groups is 1. The van der Waals surface area contributed by atoms with Crippen molar-refractivity contribution in [3.8, 4) is 0 Å². The molecule has 110 valence electrons. The van der Waals surface area contributed by atoms with Crippen molar-refractivity contribution in [1.29, 1.82) is 0 Å². The number of carbonyl (C=O) groups is 1. The second-order valence-electron chi connectivity index (χ2n) is 5.10. The molecule has 0 aliphatic heterocycles. The van der Waals surface area contributed by atoms with Crippen LogP contribution in [0.4, 0.5) is 0 Å². The van der Waals surface area contributed by atoms with Gasteiger partial charge in [0, 0.05) is 6.54 Å². The molecule has 5 nitrogen and oxygen atoms in total. The first-order valence-corrected chi connectivity index (χ1v) is 8.37. The summed E-state index contributed by atoms with van der Waals surface area (Å²) in [7, 11) is -3.41. The quantitative estimate of drug-likeness (QED) is 0.848. The van der Waals surface area contributed by atoms with Crippen LogP contribution >= 0.6 is 0 Å². The monoisotopic (exact) mass is 297 g/mol. The van der Waals surface area contributed by atoms with Crippen LogP contribution in [-0.2, 0) is 9.84 Å². The van der Waals surface area contributed by atoms with Gasteiger partial charge in [0.1, 0.15) is 0 Å². The molecule has 0 bridgehead atoms. The van der Waals surface area contributed by atoms with Crippen molar-refractivity contribution in [3.63, 3.8) is 0 Å². The van der Waals surface area contributed by atoms with Crippen molar-refractivity contribution >= 4 is 15.7 Å². The molecule has 0 saturated heterocycles. The van der Waals surface area contributed by atoms with Crippen LogP contribution in [0.3, 0.4) is 0 Å². The number of nitrogens with one attached hydrogen (secondary N) is 1. The lowest BCUT2D eigenvalue weighted by atomic mass is 9.82. The minimum absolute atomic E-state index is 0.0356. The van der Waals surface area contributed by atoms with E-state index in [1.807, 2.05) is 0 Å². The molecular formula is C14H19NO4S. The second kappa shape index (κ2) is 5.93. The summed E-state index contributed by atoms with van der Waals surface area (Å²) >= 11 is 0. The lowest BCUT2D eigenvalue weighted by Crippen LogP contribution is -2.38. The first kappa shape index (κ1) is 15.0. The Morgan fingerprint density at radius 2 is 2.00 bits per heavy atom. The van der Waals surface area contributed by atoms with E-state index in [2.05, 4.69) is 5.32 Å². The highest BCUT2D eigenvalue weighted by Gasteiger charge is 2.28. The van der Waals surface area contributed by atoms with Gasteiger partial charge in [-0.3, -0.25) is 4.79 Å². The first-order chi connectivity index (χ1) is 9.44. The van der Waals surface area contributed by atoms with Gasteiger partial charge >= 0.3 is 0 Å². The Balaban J connectivity index is 2.10. The van der Waals surface area contributed by atoms with Crippen LogP contribution in [0.25, 0.3) is 0 Å². The number of amides is 1. The highest BCUT2D eigenvalue weighted by molar-refractivity contribution is 7.91. The summed E-state index contributed by atoms with van der Waals surface area (Å²) in [6.07, 6.45) is 1.12. The topological polar surface area (TPSA) is 83.5 Å². The largest absolute Gasteiger partial charge is 0.393 e. The highest BCUT2D eigenvalue weighted by Crippen LogP contribution is 2.26. The third-order valence-corrected chi connectivity index (χ3v) is 5.40. The second-order valence-corrected chi connectivity index (χ2v) is 7.35. The number of hydrogen-bond acceptors (Lipinski definition) is 4. The van der Waals surface area contributed by atoms with Crippen LogP contribution < -0.4 is 5.32 Å². The van der Waals surface area contributed by atoms with Crippen molar-refractivity contribution in [1.82, 2.24) is 5.32 Å². The molecule has 2 rings (SSSR count). The molecule has 2 N–H and O–H groups in total. The highest BCUT2D eigenvalue weighted by atomic mass is 32.2. The fraction of sp³-hybridized carbons (Fsp3) is 0.500. The van der Waals surface area contributed by atoms with Gasteiger partial charge in [0.15, 0.2) is 9.84 Å². The van der Waals surface area contributed by atoms with Crippen LogP contribution in [0, 0.1) is 5.92 Å². The van der Waals surface area contributed by atoms with Gasteiger partial charge in [0.05, 0.1) is 22.3 Å². The molecule has 1 fully saturated rings. The molecule has 0 unspecified atom stereocenters.